The number of hydrogen-bond acceptors (Lipinski definition) is 9. The van der Waals surface area contributed by atoms with Crippen molar-refractivity contribution in [3.05, 3.63) is 77.3 Å². The van der Waals surface area contributed by atoms with Gasteiger partial charge < -0.3 is 23.9 Å². The minimum atomic E-state index is -0.954. The molecule has 1 N–H and O–H groups in total. The van der Waals surface area contributed by atoms with Crippen molar-refractivity contribution in [2.24, 2.45) is 5.92 Å². The number of imidazole rings is 1. The molecule has 4 aromatic rings. The highest BCUT2D eigenvalue weighted by molar-refractivity contribution is 5.92. The van der Waals surface area contributed by atoms with Gasteiger partial charge in [0.1, 0.15) is 18.5 Å². The van der Waals surface area contributed by atoms with E-state index in [1.807, 2.05) is 6.07 Å². The summed E-state index contributed by atoms with van der Waals surface area (Å²) in [5.74, 6) is 0.513. The Kier molecular flexibility index (Phi) is 8.67. The number of fused-ring (bicyclic) bond motifs is 1. The fourth-order valence-electron chi connectivity index (χ4n) is 5.83. The Morgan fingerprint density at radius 2 is 2.09 bits per heavy atom. The molecule has 6 rings (SSSR count). The van der Waals surface area contributed by atoms with Crippen LogP contribution in [0.2, 0.25) is 0 Å². The number of rotatable bonds is 10. The standard InChI is InChI=1S/C32H33FN6O5/c1-20-12-24(44-31-6-9-35-29(37-31)19-43-28-5-2-21(15-34)13-25(28)33)7-10-38(20)17-30-36-26-4-3-23(32(40)41)14-27(26)39(30)16-22-8-11-42-18-22/h2-6,9,13-14,20,22,24H,7-8,10-12,16-19H2,1H3,(H,40,41)/t20-,22+,24-/m0/s1. The van der Waals surface area contributed by atoms with E-state index in [2.05, 4.69) is 26.4 Å². The maximum absolute atomic E-state index is 14.2. The molecule has 4 heterocycles. The molecule has 0 spiro atoms. The zero-order chi connectivity index (χ0) is 30.6. The van der Waals surface area contributed by atoms with Crippen LogP contribution in [0.5, 0.6) is 11.6 Å². The second kappa shape index (κ2) is 13.0. The normalized spacial score (nSPS) is 20.4. The van der Waals surface area contributed by atoms with Crippen LogP contribution < -0.4 is 9.47 Å². The van der Waals surface area contributed by atoms with Crippen LogP contribution in [0.25, 0.3) is 11.0 Å². The maximum Gasteiger partial charge on any atom is 0.335 e. The smallest absolute Gasteiger partial charge is 0.335 e. The van der Waals surface area contributed by atoms with Crippen molar-refractivity contribution in [3.8, 4) is 17.7 Å². The Bertz CT molecular complexity index is 1700. The molecule has 2 fully saturated rings. The summed E-state index contributed by atoms with van der Waals surface area (Å²) in [5.41, 5.74) is 2.09. The fraction of sp³-hybridized carbons (Fsp3) is 0.406. The Balaban J connectivity index is 1.09. The Morgan fingerprint density at radius 3 is 2.84 bits per heavy atom. The van der Waals surface area contributed by atoms with E-state index in [1.165, 1.54) is 12.1 Å². The van der Waals surface area contributed by atoms with Crippen molar-refractivity contribution in [1.82, 2.24) is 24.4 Å². The molecule has 0 saturated carbocycles. The second-order valence-electron chi connectivity index (χ2n) is 11.3. The van der Waals surface area contributed by atoms with Crippen LogP contribution in [0.3, 0.4) is 0 Å². The molecule has 0 amide bonds. The van der Waals surface area contributed by atoms with Gasteiger partial charge in [-0.1, -0.05) is 0 Å². The molecule has 0 unspecified atom stereocenters. The van der Waals surface area contributed by atoms with Gasteiger partial charge in [0, 0.05) is 43.9 Å². The number of benzene rings is 2. The topological polar surface area (TPSA) is 136 Å². The molecule has 2 aliphatic rings. The zero-order valence-electron chi connectivity index (χ0n) is 24.4. The van der Waals surface area contributed by atoms with Crippen molar-refractivity contribution < 1.29 is 28.5 Å². The summed E-state index contributed by atoms with van der Waals surface area (Å²) in [5, 5.41) is 18.5. The molecule has 12 heteroatoms. The molecule has 0 aliphatic carbocycles. The number of halogens is 1. The lowest BCUT2D eigenvalue weighted by atomic mass is 10.0. The van der Waals surface area contributed by atoms with E-state index in [1.54, 1.807) is 30.5 Å². The molecule has 11 nitrogen and oxygen atoms in total. The van der Waals surface area contributed by atoms with Crippen molar-refractivity contribution in [2.45, 2.75) is 58.0 Å². The number of ether oxygens (including phenoxy) is 3. The largest absolute Gasteiger partial charge is 0.483 e. The summed E-state index contributed by atoms with van der Waals surface area (Å²) in [6.45, 7) is 5.73. The second-order valence-corrected chi connectivity index (χ2v) is 11.3. The van der Waals surface area contributed by atoms with Gasteiger partial charge in [0.2, 0.25) is 5.88 Å². The number of nitriles is 1. The first-order valence-corrected chi connectivity index (χ1v) is 14.7. The van der Waals surface area contributed by atoms with E-state index < -0.39 is 11.8 Å². The lowest BCUT2D eigenvalue weighted by Gasteiger charge is -2.37. The summed E-state index contributed by atoms with van der Waals surface area (Å²) >= 11 is 0. The summed E-state index contributed by atoms with van der Waals surface area (Å²) in [7, 11) is 0. The molecular formula is C32H33FN6O5. The number of likely N-dealkylation sites (tertiary alicyclic amines) is 1. The molecule has 2 aliphatic heterocycles. The SMILES string of the molecule is C[C@H]1C[C@@H](Oc2ccnc(COc3ccc(C#N)cc3F)n2)CCN1Cc1nc2ccc(C(=O)O)cc2n1C[C@H]1CCOC1. The van der Waals surface area contributed by atoms with Crippen LogP contribution in [0, 0.1) is 23.1 Å². The highest BCUT2D eigenvalue weighted by Crippen LogP contribution is 2.27. The lowest BCUT2D eigenvalue weighted by Crippen LogP contribution is -2.44. The predicted octanol–water partition coefficient (Wildman–Crippen LogP) is 4.58. The minimum Gasteiger partial charge on any atom is -0.483 e. The summed E-state index contributed by atoms with van der Waals surface area (Å²) in [4.78, 5) is 27.6. The van der Waals surface area contributed by atoms with Gasteiger partial charge in [0.25, 0.3) is 0 Å². The number of aromatic nitrogens is 4. The first-order valence-electron chi connectivity index (χ1n) is 14.7. The molecule has 3 atom stereocenters. The predicted molar refractivity (Wildman–Crippen MR) is 157 cm³/mol. The monoisotopic (exact) mass is 600 g/mol. The highest BCUT2D eigenvalue weighted by Gasteiger charge is 2.29. The van der Waals surface area contributed by atoms with Gasteiger partial charge in [-0.05, 0) is 62.6 Å². The van der Waals surface area contributed by atoms with Gasteiger partial charge in [0.15, 0.2) is 17.4 Å². The molecule has 0 radical (unpaired) electrons. The average molecular weight is 601 g/mol. The highest BCUT2D eigenvalue weighted by atomic mass is 19.1. The van der Waals surface area contributed by atoms with E-state index in [0.29, 0.717) is 30.8 Å². The van der Waals surface area contributed by atoms with Crippen LogP contribution in [-0.4, -0.2) is 67.4 Å². The maximum atomic E-state index is 14.2. The number of carbonyl (C=O) groups is 1. The molecule has 2 aromatic carbocycles. The first-order chi connectivity index (χ1) is 21.4. The number of hydrogen-bond donors (Lipinski definition) is 1. The summed E-state index contributed by atoms with van der Waals surface area (Å²) in [6.07, 6.45) is 4.08. The van der Waals surface area contributed by atoms with Crippen LogP contribution in [0.4, 0.5) is 4.39 Å². The third kappa shape index (κ3) is 6.64. The van der Waals surface area contributed by atoms with Crippen molar-refractivity contribution in [1.29, 1.82) is 5.26 Å². The lowest BCUT2D eigenvalue weighted by molar-refractivity contribution is 0.0534. The van der Waals surface area contributed by atoms with Crippen molar-refractivity contribution in [2.75, 3.05) is 19.8 Å². The minimum absolute atomic E-state index is 0.0209. The van der Waals surface area contributed by atoms with Gasteiger partial charge >= 0.3 is 5.97 Å². The van der Waals surface area contributed by atoms with Crippen molar-refractivity contribution in [3.63, 3.8) is 0 Å². The van der Waals surface area contributed by atoms with Crippen LogP contribution >= 0.6 is 0 Å². The number of nitrogens with zero attached hydrogens (tertiary/aromatic N) is 6. The number of aromatic carboxylic acids is 1. The van der Waals surface area contributed by atoms with Gasteiger partial charge in [-0.25, -0.2) is 19.2 Å². The zero-order valence-corrected chi connectivity index (χ0v) is 24.4. The van der Waals surface area contributed by atoms with Gasteiger partial charge in [0.05, 0.1) is 41.4 Å². The Hall–Kier alpha value is -4.60. The summed E-state index contributed by atoms with van der Waals surface area (Å²) in [6, 6.07) is 12.9. The van der Waals surface area contributed by atoms with Crippen LogP contribution in [0.15, 0.2) is 48.7 Å². The first kappa shape index (κ1) is 29.5. The van der Waals surface area contributed by atoms with Crippen molar-refractivity contribution >= 4 is 17.0 Å². The quantitative estimate of drug-likeness (QED) is 0.275. The molecule has 2 aromatic heterocycles. The van der Waals surface area contributed by atoms with E-state index in [9.17, 15) is 14.3 Å². The third-order valence-corrected chi connectivity index (χ3v) is 8.23. The van der Waals surface area contributed by atoms with Gasteiger partial charge in [-0.15, -0.1) is 0 Å². The Morgan fingerprint density at radius 1 is 1.20 bits per heavy atom. The van der Waals surface area contributed by atoms with E-state index >= 15 is 0 Å². The molecule has 228 valence electrons. The van der Waals surface area contributed by atoms with E-state index in [4.69, 9.17) is 24.5 Å². The molecular weight excluding hydrogens is 567 g/mol. The molecule has 0 bridgehead atoms. The average Bonchev–Trinajstić information content (AvgIpc) is 3.66. The Labute approximate surface area is 253 Å². The van der Waals surface area contributed by atoms with Crippen LogP contribution in [-0.2, 0) is 24.4 Å². The molecule has 44 heavy (non-hydrogen) atoms. The van der Waals surface area contributed by atoms with E-state index in [-0.39, 0.29) is 35.6 Å². The number of piperidine rings is 1. The van der Waals surface area contributed by atoms with Gasteiger partial charge in [-0.2, -0.15) is 10.2 Å². The fourth-order valence-corrected chi connectivity index (χ4v) is 5.83. The number of carboxylic acids is 1. The number of carboxylic acid groups (broad SMARTS) is 1. The van der Waals surface area contributed by atoms with Crippen LogP contribution in [0.1, 0.15) is 53.8 Å². The summed E-state index contributed by atoms with van der Waals surface area (Å²) < 4.78 is 33.7. The van der Waals surface area contributed by atoms with E-state index in [0.717, 1.165) is 61.9 Å². The third-order valence-electron chi connectivity index (χ3n) is 8.23. The molecule has 2 saturated heterocycles. The van der Waals surface area contributed by atoms with Gasteiger partial charge in [-0.3, -0.25) is 4.90 Å².